The number of hydrogen-bond acceptors (Lipinski definition) is 2. The van der Waals surface area contributed by atoms with Gasteiger partial charge in [-0.25, -0.2) is 0 Å². The molecule has 1 aromatic carbocycles. The Kier molecular flexibility index (Phi) is 3.29. The minimum atomic E-state index is -0.214. The van der Waals surface area contributed by atoms with Crippen molar-refractivity contribution in [3.8, 4) is 6.07 Å². The van der Waals surface area contributed by atoms with Crippen LogP contribution in [-0.4, -0.2) is 5.78 Å². The second-order valence-electron chi connectivity index (χ2n) is 7.24. The summed E-state index contributed by atoms with van der Waals surface area (Å²) in [6.07, 6.45) is 1.89. The summed E-state index contributed by atoms with van der Waals surface area (Å²) in [5.41, 5.74) is 1.83. The summed E-state index contributed by atoms with van der Waals surface area (Å²) >= 11 is 0. The summed E-state index contributed by atoms with van der Waals surface area (Å²) < 4.78 is 0. The Labute approximate surface area is 121 Å². The average Bonchev–Trinajstić information content (AvgIpc) is 2.39. The fraction of sp³-hybridized carbons (Fsp3) is 0.556. The van der Waals surface area contributed by atoms with Crippen LogP contribution in [0.15, 0.2) is 24.3 Å². The average molecular weight is 269 g/mol. The molecular weight excluding hydrogens is 246 g/mol. The van der Waals surface area contributed by atoms with Crippen LogP contribution in [0.2, 0.25) is 0 Å². The summed E-state index contributed by atoms with van der Waals surface area (Å²) in [4.78, 5) is 12.0. The summed E-state index contributed by atoms with van der Waals surface area (Å²) in [5.74, 6) is 0.291. The molecule has 1 aromatic rings. The molecule has 0 N–H and O–H groups in total. The van der Waals surface area contributed by atoms with Gasteiger partial charge in [-0.2, -0.15) is 5.26 Å². The Morgan fingerprint density at radius 3 is 2.15 bits per heavy atom. The van der Waals surface area contributed by atoms with E-state index in [1.54, 1.807) is 6.92 Å². The molecular formula is C18H23NO. The van der Waals surface area contributed by atoms with Gasteiger partial charge in [-0.1, -0.05) is 39.8 Å². The molecule has 2 rings (SSSR count). The van der Waals surface area contributed by atoms with Gasteiger partial charge in [-0.3, -0.25) is 4.79 Å². The van der Waals surface area contributed by atoms with E-state index in [1.165, 1.54) is 5.56 Å². The largest absolute Gasteiger partial charge is 0.299 e. The highest BCUT2D eigenvalue weighted by Gasteiger charge is 2.65. The number of rotatable bonds is 3. The van der Waals surface area contributed by atoms with Gasteiger partial charge in [0.15, 0.2) is 0 Å². The zero-order chi connectivity index (χ0) is 15.2. The third kappa shape index (κ3) is 1.88. The fourth-order valence-electron chi connectivity index (χ4n) is 3.78. The maximum Gasteiger partial charge on any atom is 0.136 e. The Hall–Kier alpha value is -1.62. The molecule has 20 heavy (non-hydrogen) atoms. The van der Waals surface area contributed by atoms with Gasteiger partial charge in [0.25, 0.3) is 0 Å². The van der Waals surface area contributed by atoms with Crippen LogP contribution in [0, 0.1) is 27.6 Å². The van der Waals surface area contributed by atoms with Crippen LogP contribution in [-0.2, 0) is 11.2 Å². The third-order valence-corrected chi connectivity index (χ3v) is 6.09. The number of carbonyl (C=O) groups is 1. The quantitative estimate of drug-likeness (QED) is 0.827. The Balaban J connectivity index is 2.22. The van der Waals surface area contributed by atoms with Crippen molar-refractivity contribution < 1.29 is 4.79 Å². The summed E-state index contributed by atoms with van der Waals surface area (Å²) in [6, 6.07) is 9.95. The fourth-order valence-corrected chi connectivity index (χ4v) is 3.78. The van der Waals surface area contributed by atoms with Crippen LogP contribution >= 0.6 is 0 Å². The van der Waals surface area contributed by atoms with Crippen LogP contribution in [0.5, 0.6) is 0 Å². The highest BCUT2D eigenvalue weighted by molar-refractivity contribution is 5.84. The normalized spacial score (nSPS) is 31.2. The van der Waals surface area contributed by atoms with Crippen LogP contribution in [0.1, 0.15) is 52.2 Å². The van der Waals surface area contributed by atoms with Crippen LogP contribution in [0.3, 0.4) is 0 Å². The maximum atomic E-state index is 12.0. The predicted octanol–water partition coefficient (Wildman–Crippen LogP) is 4.13. The van der Waals surface area contributed by atoms with Gasteiger partial charge >= 0.3 is 0 Å². The van der Waals surface area contributed by atoms with E-state index >= 15 is 0 Å². The van der Waals surface area contributed by atoms with Gasteiger partial charge in [0.1, 0.15) is 5.78 Å². The van der Waals surface area contributed by atoms with E-state index in [4.69, 9.17) is 5.26 Å². The lowest BCUT2D eigenvalue weighted by molar-refractivity contribution is -0.187. The molecule has 2 atom stereocenters. The van der Waals surface area contributed by atoms with Crippen molar-refractivity contribution in [1.29, 1.82) is 5.26 Å². The Morgan fingerprint density at radius 1 is 1.20 bits per heavy atom. The second kappa shape index (κ2) is 4.45. The zero-order valence-electron chi connectivity index (χ0n) is 13.1. The number of ketones is 1. The zero-order valence-corrected chi connectivity index (χ0v) is 13.1. The molecule has 1 aliphatic carbocycles. The summed E-state index contributed by atoms with van der Waals surface area (Å²) in [6.45, 7) is 10.5. The third-order valence-electron chi connectivity index (χ3n) is 6.09. The molecule has 0 aromatic heterocycles. The van der Waals surface area contributed by atoms with Crippen LogP contribution < -0.4 is 0 Å². The molecule has 106 valence electrons. The molecule has 2 heteroatoms. The number of nitrogens with zero attached hydrogens (tertiary/aromatic N) is 1. The van der Waals surface area contributed by atoms with Crippen molar-refractivity contribution in [3.63, 3.8) is 0 Å². The van der Waals surface area contributed by atoms with Crippen molar-refractivity contribution in [2.45, 2.75) is 47.5 Å². The lowest BCUT2D eigenvalue weighted by Gasteiger charge is -2.66. The molecule has 0 amide bonds. The van der Waals surface area contributed by atoms with E-state index < -0.39 is 0 Å². The number of carbonyl (C=O) groups excluding carboxylic acids is 1. The topological polar surface area (TPSA) is 40.9 Å². The first-order chi connectivity index (χ1) is 9.16. The van der Waals surface area contributed by atoms with E-state index in [0.29, 0.717) is 11.3 Å². The lowest BCUT2D eigenvalue weighted by Crippen LogP contribution is -2.63. The standard InChI is InChI=1S/C18H23NO/c1-13(20)18(5)12-17(4,16(18,2)3)10-14-6-8-15(11-19)9-7-14/h6-9H,10,12H2,1-5H3. The molecule has 2 unspecified atom stereocenters. The lowest BCUT2D eigenvalue weighted by atomic mass is 9.36. The molecule has 0 saturated heterocycles. The first-order valence-electron chi connectivity index (χ1n) is 7.16. The van der Waals surface area contributed by atoms with Crippen molar-refractivity contribution in [1.82, 2.24) is 0 Å². The summed E-state index contributed by atoms with van der Waals surface area (Å²) in [7, 11) is 0. The molecule has 0 radical (unpaired) electrons. The molecule has 0 heterocycles. The minimum Gasteiger partial charge on any atom is -0.299 e. The van der Waals surface area contributed by atoms with Crippen molar-refractivity contribution in [3.05, 3.63) is 35.4 Å². The van der Waals surface area contributed by atoms with Gasteiger partial charge in [0, 0.05) is 5.41 Å². The van der Waals surface area contributed by atoms with E-state index in [-0.39, 0.29) is 16.2 Å². The Bertz CT molecular complexity index is 578. The van der Waals surface area contributed by atoms with E-state index in [2.05, 4.69) is 33.8 Å². The van der Waals surface area contributed by atoms with E-state index in [9.17, 15) is 4.79 Å². The maximum absolute atomic E-state index is 12.0. The minimum absolute atomic E-state index is 0.0142. The van der Waals surface area contributed by atoms with E-state index in [1.807, 2.05) is 24.3 Å². The summed E-state index contributed by atoms with van der Waals surface area (Å²) in [5, 5.41) is 8.84. The molecule has 2 nitrogen and oxygen atoms in total. The number of hydrogen-bond donors (Lipinski definition) is 0. The number of Topliss-reactive ketones (excluding diaryl/α,β-unsaturated/α-hetero) is 1. The van der Waals surface area contributed by atoms with Crippen molar-refractivity contribution in [2.75, 3.05) is 0 Å². The Morgan fingerprint density at radius 2 is 1.75 bits per heavy atom. The highest BCUT2D eigenvalue weighted by Crippen LogP contribution is 2.69. The highest BCUT2D eigenvalue weighted by atomic mass is 16.1. The predicted molar refractivity (Wildman–Crippen MR) is 80.2 cm³/mol. The van der Waals surface area contributed by atoms with E-state index in [0.717, 1.165) is 12.8 Å². The molecule has 1 saturated carbocycles. The second-order valence-corrected chi connectivity index (χ2v) is 7.24. The smallest absolute Gasteiger partial charge is 0.136 e. The molecule has 1 aliphatic rings. The van der Waals surface area contributed by atoms with Crippen LogP contribution in [0.25, 0.3) is 0 Å². The van der Waals surface area contributed by atoms with Crippen LogP contribution in [0.4, 0.5) is 0 Å². The monoisotopic (exact) mass is 269 g/mol. The molecule has 1 fully saturated rings. The number of benzene rings is 1. The van der Waals surface area contributed by atoms with Crippen molar-refractivity contribution >= 4 is 5.78 Å². The van der Waals surface area contributed by atoms with Gasteiger partial charge in [-0.15, -0.1) is 0 Å². The first-order valence-corrected chi connectivity index (χ1v) is 7.16. The SMILES string of the molecule is CC(=O)C1(C)CC(C)(Cc2ccc(C#N)cc2)C1(C)C. The molecule has 0 aliphatic heterocycles. The number of nitriles is 1. The first kappa shape index (κ1) is 14.8. The molecule has 0 spiro atoms. The van der Waals surface area contributed by atoms with Gasteiger partial charge in [0.2, 0.25) is 0 Å². The van der Waals surface area contributed by atoms with Gasteiger partial charge in [0.05, 0.1) is 11.6 Å². The van der Waals surface area contributed by atoms with Crippen molar-refractivity contribution in [2.24, 2.45) is 16.2 Å². The van der Waals surface area contributed by atoms with Gasteiger partial charge < -0.3 is 0 Å². The van der Waals surface area contributed by atoms with Gasteiger partial charge in [-0.05, 0) is 48.3 Å². The molecule has 0 bridgehead atoms.